The average Bonchev–Trinajstić information content (AvgIpc) is 3.12. The SMILES string of the molecule is CC(C)CNC(=O)C1CSCN1C(=O)C=Cc1ccco1. The van der Waals surface area contributed by atoms with E-state index >= 15 is 0 Å². The Bertz CT molecular complexity index is 511. The molecule has 5 nitrogen and oxygen atoms in total. The van der Waals surface area contributed by atoms with Gasteiger partial charge in [0, 0.05) is 18.4 Å². The van der Waals surface area contributed by atoms with E-state index in [0.717, 1.165) is 0 Å². The monoisotopic (exact) mass is 308 g/mol. The largest absolute Gasteiger partial charge is 0.465 e. The van der Waals surface area contributed by atoms with E-state index in [2.05, 4.69) is 5.32 Å². The lowest BCUT2D eigenvalue weighted by atomic mass is 10.2. The van der Waals surface area contributed by atoms with Crippen molar-refractivity contribution < 1.29 is 14.0 Å². The highest BCUT2D eigenvalue weighted by atomic mass is 32.2. The lowest BCUT2D eigenvalue weighted by molar-refractivity contribution is -0.134. The second-order valence-electron chi connectivity index (χ2n) is 5.31. The third kappa shape index (κ3) is 4.39. The predicted octanol–water partition coefficient (Wildman–Crippen LogP) is 1.97. The Labute approximate surface area is 128 Å². The lowest BCUT2D eigenvalue weighted by Gasteiger charge is -2.22. The smallest absolute Gasteiger partial charge is 0.248 e. The summed E-state index contributed by atoms with van der Waals surface area (Å²) in [6.45, 7) is 4.71. The molecular formula is C15H20N2O3S. The molecule has 1 N–H and O–H groups in total. The molecule has 1 aromatic heterocycles. The van der Waals surface area contributed by atoms with Gasteiger partial charge in [0.15, 0.2) is 0 Å². The van der Waals surface area contributed by atoms with E-state index < -0.39 is 0 Å². The quantitative estimate of drug-likeness (QED) is 0.845. The van der Waals surface area contributed by atoms with Crippen LogP contribution in [0.15, 0.2) is 28.9 Å². The summed E-state index contributed by atoms with van der Waals surface area (Å²) >= 11 is 1.59. The van der Waals surface area contributed by atoms with Gasteiger partial charge in [-0.15, -0.1) is 11.8 Å². The van der Waals surface area contributed by atoms with Crippen molar-refractivity contribution in [1.29, 1.82) is 0 Å². The van der Waals surface area contributed by atoms with E-state index in [-0.39, 0.29) is 17.9 Å². The number of nitrogens with one attached hydrogen (secondary N) is 1. The third-order valence-electron chi connectivity index (χ3n) is 3.09. The molecule has 0 radical (unpaired) electrons. The molecule has 1 unspecified atom stereocenters. The number of hydrogen-bond donors (Lipinski definition) is 1. The summed E-state index contributed by atoms with van der Waals surface area (Å²) in [6, 6.07) is 3.15. The van der Waals surface area contributed by atoms with Crippen LogP contribution < -0.4 is 5.32 Å². The molecular weight excluding hydrogens is 288 g/mol. The molecule has 0 spiro atoms. The molecule has 1 fully saturated rings. The molecule has 1 aliphatic rings. The van der Waals surface area contributed by atoms with Crippen molar-refractivity contribution in [2.24, 2.45) is 5.92 Å². The molecule has 2 rings (SSSR count). The van der Waals surface area contributed by atoms with Crippen molar-refractivity contribution in [3.05, 3.63) is 30.2 Å². The zero-order valence-corrected chi connectivity index (χ0v) is 13.1. The summed E-state index contributed by atoms with van der Waals surface area (Å²) in [4.78, 5) is 25.9. The second-order valence-corrected chi connectivity index (χ2v) is 6.31. The molecule has 0 saturated carbocycles. The van der Waals surface area contributed by atoms with Crippen LogP contribution in [-0.2, 0) is 9.59 Å². The average molecular weight is 308 g/mol. The van der Waals surface area contributed by atoms with Crippen LogP contribution in [0.1, 0.15) is 19.6 Å². The Morgan fingerprint density at radius 1 is 1.57 bits per heavy atom. The Balaban J connectivity index is 1.94. The fourth-order valence-corrected chi connectivity index (χ4v) is 3.10. The summed E-state index contributed by atoms with van der Waals surface area (Å²) in [5.41, 5.74) is 0. The number of furan rings is 1. The molecule has 1 saturated heterocycles. The fourth-order valence-electron chi connectivity index (χ4n) is 1.93. The van der Waals surface area contributed by atoms with Crippen molar-refractivity contribution in [2.45, 2.75) is 19.9 Å². The van der Waals surface area contributed by atoms with Gasteiger partial charge in [-0.2, -0.15) is 0 Å². The Morgan fingerprint density at radius 2 is 2.38 bits per heavy atom. The third-order valence-corrected chi connectivity index (χ3v) is 4.10. The first kappa shape index (κ1) is 15.7. The Hall–Kier alpha value is -1.69. The minimum Gasteiger partial charge on any atom is -0.465 e. The zero-order chi connectivity index (χ0) is 15.2. The number of carbonyl (C=O) groups is 2. The molecule has 0 bridgehead atoms. The van der Waals surface area contributed by atoms with Crippen LogP contribution in [-0.4, -0.2) is 40.9 Å². The van der Waals surface area contributed by atoms with Crippen molar-refractivity contribution >= 4 is 29.7 Å². The Kier molecular flexibility index (Phi) is 5.50. The first-order valence-corrected chi connectivity index (χ1v) is 8.11. The summed E-state index contributed by atoms with van der Waals surface area (Å²) in [5, 5.41) is 2.89. The van der Waals surface area contributed by atoms with Crippen LogP contribution in [0.4, 0.5) is 0 Å². The number of amides is 2. The van der Waals surface area contributed by atoms with Gasteiger partial charge in [0.2, 0.25) is 11.8 Å². The van der Waals surface area contributed by atoms with E-state index in [0.29, 0.717) is 29.9 Å². The number of carbonyl (C=O) groups excluding carboxylic acids is 2. The van der Waals surface area contributed by atoms with Crippen molar-refractivity contribution in [3.8, 4) is 0 Å². The summed E-state index contributed by atoms with van der Waals surface area (Å²) in [5.74, 6) is 1.96. The van der Waals surface area contributed by atoms with Gasteiger partial charge in [0.25, 0.3) is 0 Å². The lowest BCUT2D eigenvalue weighted by Crippen LogP contribution is -2.47. The van der Waals surface area contributed by atoms with Crippen molar-refractivity contribution in [1.82, 2.24) is 10.2 Å². The van der Waals surface area contributed by atoms with Crippen LogP contribution in [0.25, 0.3) is 6.08 Å². The molecule has 0 aliphatic carbocycles. The number of rotatable bonds is 5. The van der Waals surface area contributed by atoms with E-state index in [9.17, 15) is 9.59 Å². The van der Waals surface area contributed by atoms with E-state index in [1.807, 2.05) is 13.8 Å². The van der Waals surface area contributed by atoms with Crippen molar-refractivity contribution in [3.63, 3.8) is 0 Å². The molecule has 2 heterocycles. The highest BCUT2D eigenvalue weighted by Crippen LogP contribution is 2.21. The van der Waals surface area contributed by atoms with Gasteiger partial charge >= 0.3 is 0 Å². The van der Waals surface area contributed by atoms with Gasteiger partial charge in [0.05, 0.1) is 12.1 Å². The molecule has 21 heavy (non-hydrogen) atoms. The first-order valence-electron chi connectivity index (χ1n) is 6.95. The topological polar surface area (TPSA) is 62.6 Å². The first-order chi connectivity index (χ1) is 10.1. The molecule has 6 heteroatoms. The minimum absolute atomic E-state index is 0.0755. The molecule has 114 valence electrons. The maximum atomic E-state index is 12.2. The summed E-state index contributed by atoms with van der Waals surface area (Å²) in [6.07, 6.45) is 4.62. The highest BCUT2D eigenvalue weighted by molar-refractivity contribution is 7.99. The molecule has 1 aliphatic heterocycles. The zero-order valence-electron chi connectivity index (χ0n) is 12.2. The van der Waals surface area contributed by atoms with Gasteiger partial charge in [-0.3, -0.25) is 9.59 Å². The number of hydrogen-bond acceptors (Lipinski definition) is 4. The van der Waals surface area contributed by atoms with Crippen LogP contribution >= 0.6 is 11.8 Å². The Morgan fingerprint density at radius 3 is 3.05 bits per heavy atom. The fraction of sp³-hybridized carbons (Fsp3) is 0.467. The summed E-state index contributed by atoms with van der Waals surface area (Å²) < 4.78 is 5.14. The van der Waals surface area contributed by atoms with Gasteiger partial charge in [-0.25, -0.2) is 0 Å². The standard InChI is InChI=1S/C15H20N2O3S/c1-11(2)8-16-15(19)13-9-21-10-17(13)14(18)6-5-12-4-3-7-20-12/h3-7,11,13H,8-10H2,1-2H3,(H,16,19). The minimum atomic E-state index is -0.387. The maximum absolute atomic E-state index is 12.2. The number of nitrogens with zero attached hydrogens (tertiary/aromatic N) is 1. The molecule has 1 aromatic rings. The van der Waals surface area contributed by atoms with Crippen molar-refractivity contribution in [2.75, 3.05) is 18.2 Å². The molecule has 1 atom stereocenters. The van der Waals surface area contributed by atoms with E-state index in [4.69, 9.17) is 4.42 Å². The number of thioether (sulfide) groups is 1. The van der Waals surface area contributed by atoms with Crippen LogP contribution in [0, 0.1) is 5.92 Å². The second kappa shape index (κ2) is 7.36. The normalized spacial score (nSPS) is 18.6. The van der Waals surface area contributed by atoms with Gasteiger partial charge in [-0.1, -0.05) is 13.8 Å². The van der Waals surface area contributed by atoms with Gasteiger partial charge < -0.3 is 14.6 Å². The molecule has 0 aromatic carbocycles. The van der Waals surface area contributed by atoms with Crippen LogP contribution in [0.2, 0.25) is 0 Å². The van der Waals surface area contributed by atoms with Gasteiger partial charge in [0.1, 0.15) is 11.8 Å². The van der Waals surface area contributed by atoms with Crippen LogP contribution in [0.5, 0.6) is 0 Å². The summed E-state index contributed by atoms with van der Waals surface area (Å²) in [7, 11) is 0. The predicted molar refractivity (Wildman–Crippen MR) is 83.5 cm³/mol. The van der Waals surface area contributed by atoms with E-state index in [1.165, 1.54) is 6.08 Å². The molecule has 2 amide bonds. The van der Waals surface area contributed by atoms with Gasteiger partial charge in [-0.05, 0) is 24.1 Å². The maximum Gasteiger partial charge on any atom is 0.248 e. The van der Waals surface area contributed by atoms with Crippen LogP contribution in [0.3, 0.4) is 0 Å². The highest BCUT2D eigenvalue weighted by Gasteiger charge is 2.33. The van der Waals surface area contributed by atoms with E-state index in [1.54, 1.807) is 41.1 Å².